The zero-order valence-electron chi connectivity index (χ0n) is 15.5. The highest BCUT2D eigenvalue weighted by Crippen LogP contribution is 2.23. The summed E-state index contributed by atoms with van der Waals surface area (Å²) in [4.78, 5) is 12.6. The monoisotopic (exact) mass is 424 g/mol. The molecular formula is C19H17F3N3O3S+. The molecule has 3 rings (SSSR count). The number of ether oxygens (including phenoxy) is 2. The number of nitrogens with one attached hydrogen (secondary N) is 1. The van der Waals surface area contributed by atoms with Gasteiger partial charge in [-0.2, -0.15) is 5.10 Å². The zero-order valence-corrected chi connectivity index (χ0v) is 16.3. The Balaban J connectivity index is 1.63. The quantitative estimate of drug-likeness (QED) is 0.589. The van der Waals surface area contributed by atoms with Gasteiger partial charge in [0.2, 0.25) is 0 Å². The number of amides is 1. The summed E-state index contributed by atoms with van der Waals surface area (Å²) in [6.07, 6.45) is -4.72. The van der Waals surface area contributed by atoms with E-state index in [0.717, 1.165) is 0 Å². The molecule has 0 aliphatic carbocycles. The van der Waals surface area contributed by atoms with Crippen molar-refractivity contribution in [2.24, 2.45) is 5.10 Å². The fraction of sp³-hybridized carbons (Fsp3) is 0.211. The molecule has 29 heavy (non-hydrogen) atoms. The third kappa shape index (κ3) is 4.90. The fourth-order valence-electron chi connectivity index (χ4n) is 2.48. The number of alkyl halides is 3. The van der Waals surface area contributed by atoms with Gasteiger partial charge < -0.3 is 9.47 Å². The normalized spacial score (nSPS) is 16.1. The van der Waals surface area contributed by atoms with Gasteiger partial charge in [0.25, 0.3) is 5.11 Å². The molecule has 2 aromatic rings. The molecule has 0 bridgehead atoms. The first kappa shape index (κ1) is 20.7. The third-order valence-corrected chi connectivity index (χ3v) is 4.72. The van der Waals surface area contributed by atoms with E-state index in [0.29, 0.717) is 22.0 Å². The van der Waals surface area contributed by atoms with E-state index in [1.165, 1.54) is 24.3 Å². The molecule has 1 heterocycles. The minimum absolute atomic E-state index is 0.125. The van der Waals surface area contributed by atoms with Crippen molar-refractivity contribution in [3.63, 3.8) is 0 Å². The number of likely N-dealkylation sites (N-methyl/N-ethyl adjacent to an activating group) is 1. The van der Waals surface area contributed by atoms with Crippen LogP contribution in [0.15, 0.2) is 53.6 Å². The molecule has 1 aliphatic heterocycles. The molecule has 10 heteroatoms. The van der Waals surface area contributed by atoms with E-state index in [9.17, 15) is 18.0 Å². The van der Waals surface area contributed by atoms with Crippen LogP contribution in [-0.4, -0.2) is 41.7 Å². The van der Waals surface area contributed by atoms with E-state index in [-0.39, 0.29) is 28.5 Å². The Bertz CT molecular complexity index is 955. The maximum atomic E-state index is 12.6. The fourth-order valence-corrected chi connectivity index (χ4v) is 2.61. The molecule has 1 aliphatic rings. The first-order valence-corrected chi connectivity index (χ1v) is 8.82. The molecule has 152 valence electrons. The highest BCUT2D eigenvalue weighted by molar-refractivity contribution is 7.80. The highest BCUT2D eigenvalue weighted by Gasteiger charge is 2.40. The Labute approximate surface area is 170 Å². The maximum absolute atomic E-state index is 12.6. The first-order chi connectivity index (χ1) is 13.6. The average Bonchev–Trinajstić information content (AvgIpc) is 2.66. The van der Waals surface area contributed by atoms with E-state index in [1.54, 1.807) is 38.4 Å². The van der Waals surface area contributed by atoms with Crippen molar-refractivity contribution in [1.82, 2.24) is 5.43 Å². The third-order valence-electron chi connectivity index (χ3n) is 4.17. The Morgan fingerprint density at radius 2 is 1.62 bits per heavy atom. The molecule has 0 unspecified atom stereocenters. The summed E-state index contributed by atoms with van der Waals surface area (Å²) in [6, 6.07) is 12.2. The smallest absolute Gasteiger partial charge is 0.489 e. The molecule has 6 nitrogen and oxygen atoms in total. The predicted octanol–water partition coefficient (Wildman–Crippen LogP) is 3.36. The Kier molecular flexibility index (Phi) is 5.58. The summed E-state index contributed by atoms with van der Waals surface area (Å²) < 4.78 is 45.9. The summed E-state index contributed by atoms with van der Waals surface area (Å²) >= 11 is 5.11. The van der Waals surface area contributed by atoms with Crippen LogP contribution in [0.4, 0.5) is 13.2 Å². The van der Waals surface area contributed by atoms with Gasteiger partial charge in [0.15, 0.2) is 5.71 Å². The van der Waals surface area contributed by atoms with Gasteiger partial charge in [-0.3, -0.25) is 0 Å². The van der Waals surface area contributed by atoms with Crippen molar-refractivity contribution in [3.8, 4) is 11.5 Å². The van der Waals surface area contributed by atoms with Crippen LogP contribution >= 0.6 is 12.2 Å². The molecule has 0 radical (unpaired) electrons. The van der Waals surface area contributed by atoms with E-state index >= 15 is 0 Å². The summed E-state index contributed by atoms with van der Waals surface area (Å²) in [5.41, 5.74) is 4.23. The van der Waals surface area contributed by atoms with Crippen molar-refractivity contribution in [3.05, 3.63) is 59.7 Å². The van der Waals surface area contributed by atoms with Gasteiger partial charge in [-0.05, 0) is 42.0 Å². The van der Waals surface area contributed by atoms with Crippen LogP contribution in [0.1, 0.15) is 11.1 Å². The van der Waals surface area contributed by atoms with Gasteiger partial charge in [-0.15, -0.1) is 13.2 Å². The van der Waals surface area contributed by atoms with Crippen molar-refractivity contribution in [2.45, 2.75) is 13.0 Å². The molecule has 0 fully saturated rings. The topological polar surface area (TPSA) is 59.9 Å². The minimum Gasteiger partial charge on any atom is -0.489 e. The number of quaternary nitrogens is 1. The molecule has 2 aromatic carbocycles. The van der Waals surface area contributed by atoms with Crippen molar-refractivity contribution < 1.29 is 31.9 Å². The molecule has 0 atom stereocenters. The number of thiocarbonyl (C=S) groups is 1. The van der Waals surface area contributed by atoms with Gasteiger partial charge in [0.1, 0.15) is 18.1 Å². The van der Waals surface area contributed by atoms with Crippen molar-refractivity contribution in [2.75, 3.05) is 14.1 Å². The lowest BCUT2D eigenvalue weighted by molar-refractivity contribution is -0.714. The molecule has 0 saturated carbocycles. The van der Waals surface area contributed by atoms with E-state index in [4.69, 9.17) is 17.0 Å². The van der Waals surface area contributed by atoms with E-state index in [2.05, 4.69) is 15.3 Å². The van der Waals surface area contributed by atoms with Crippen LogP contribution in [0, 0.1) is 0 Å². The predicted molar refractivity (Wildman–Crippen MR) is 103 cm³/mol. The lowest BCUT2D eigenvalue weighted by Gasteiger charge is -2.29. The van der Waals surface area contributed by atoms with Crippen molar-refractivity contribution in [1.29, 1.82) is 0 Å². The molecule has 1 N–H and O–H groups in total. The first-order valence-electron chi connectivity index (χ1n) is 8.41. The standard InChI is InChI=1S/C19H16F3N3O3S/c1-25(2)17(26)16(23-24-18(25)29)13-5-9-14(10-6-13)27-11-12-3-7-15(8-4-12)28-19(20,21)22/h3-10H,11H2,1-2H3/p+1. The van der Waals surface area contributed by atoms with Crippen LogP contribution in [0.5, 0.6) is 11.5 Å². The summed E-state index contributed by atoms with van der Waals surface area (Å²) in [7, 11) is 3.35. The number of rotatable bonds is 5. The number of hydrogen-bond acceptors (Lipinski definition) is 5. The van der Waals surface area contributed by atoms with Gasteiger partial charge in [0, 0.05) is 17.8 Å². The average molecular weight is 424 g/mol. The largest absolute Gasteiger partial charge is 0.573 e. The Hall–Kier alpha value is -2.98. The molecule has 0 aromatic heterocycles. The Morgan fingerprint density at radius 1 is 1.03 bits per heavy atom. The van der Waals surface area contributed by atoms with Crippen LogP contribution in [-0.2, 0) is 11.4 Å². The summed E-state index contributed by atoms with van der Waals surface area (Å²) in [5.74, 6) is 0.00647. The van der Waals surface area contributed by atoms with Crippen LogP contribution in [0.25, 0.3) is 0 Å². The number of nitrogens with zero attached hydrogens (tertiary/aromatic N) is 2. The Morgan fingerprint density at radius 3 is 2.21 bits per heavy atom. The second kappa shape index (κ2) is 7.80. The zero-order chi connectivity index (χ0) is 21.2. The lowest BCUT2D eigenvalue weighted by Crippen LogP contribution is -2.60. The lowest BCUT2D eigenvalue weighted by atomic mass is 10.1. The van der Waals surface area contributed by atoms with Crippen LogP contribution in [0.3, 0.4) is 0 Å². The second-order valence-corrected chi connectivity index (χ2v) is 7.03. The number of carbonyl (C=O) groups excluding carboxylic acids is 1. The molecule has 0 saturated heterocycles. The van der Waals surface area contributed by atoms with E-state index < -0.39 is 6.36 Å². The van der Waals surface area contributed by atoms with Gasteiger partial charge in [-0.1, -0.05) is 12.1 Å². The van der Waals surface area contributed by atoms with E-state index in [1.807, 2.05) is 0 Å². The van der Waals surface area contributed by atoms with Crippen LogP contribution < -0.4 is 14.9 Å². The number of carbonyl (C=O) groups is 1. The molecular weight excluding hydrogens is 407 g/mol. The summed E-state index contributed by atoms with van der Waals surface area (Å²) in [6.45, 7) is 0.158. The SMILES string of the molecule is C[N+]1(C)C(=O)C(c2ccc(OCc3ccc(OC(F)(F)F)cc3)cc2)=NNC1=S. The van der Waals surface area contributed by atoms with Crippen molar-refractivity contribution >= 4 is 28.9 Å². The molecule has 0 spiro atoms. The van der Waals surface area contributed by atoms with Gasteiger partial charge >= 0.3 is 12.3 Å². The maximum Gasteiger partial charge on any atom is 0.573 e. The second-order valence-electron chi connectivity index (χ2n) is 6.64. The molecule has 1 amide bonds. The number of hydrazone groups is 1. The number of benzene rings is 2. The number of halogens is 3. The highest BCUT2D eigenvalue weighted by atomic mass is 32.1. The van der Waals surface area contributed by atoms with Crippen LogP contribution in [0.2, 0.25) is 0 Å². The number of hydrogen-bond donors (Lipinski definition) is 1. The van der Waals surface area contributed by atoms with Gasteiger partial charge in [0.05, 0.1) is 14.1 Å². The minimum atomic E-state index is -4.72. The van der Waals surface area contributed by atoms with Gasteiger partial charge in [-0.25, -0.2) is 14.7 Å². The summed E-state index contributed by atoms with van der Waals surface area (Å²) in [5, 5.41) is 4.35.